The number of aryl methyl sites for hydroxylation is 1. The van der Waals surface area contributed by atoms with Gasteiger partial charge in [-0.3, -0.25) is 9.36 Å². The zero-order valence-electron chi connectivity index (χ0n) is 11.6. The van der Waals surface area contributed by atoms with Crippen molar-refractivity contribution in [1.82, 2.24) is 4.57 Å². The SMILES string of the molecule is CCCCC(C)C(=O)c1ccc2c(c1)oc(=O)n2C. The van der Waals surface area contributed by atoms with Gasteiger partial charge < -0.3 is 4.42 Å². The molecule has 2 rings (SSSR count). The fourth-order valence-electron chi connectivity index (χ4n) is 2.21. The number of carbonyl (C=O) groups excluding carboxylic acids is 1. The topological polar surface area (TPSA) is 52.2 Å². The van der Waals surface area contributed by atoms with Gasteiger partial charge in [0, 0.05) is 18.5 Å². The van der Waals surface area contributed by atoms with Crippen molar-refractivity contribution in [3.8, 4) is 0 Å². The normalized spacial score (nSPS) is 12.8. The fourth-order valence-corrected chi connectivity index (χ4v) is 2.21. The predicted molar refractivity (Wildman–Crippen MR) is 74.5 cm³/mol. The molecular formula is C15H19NO3. The van der Waals surface area contributed by atoms with Gasteiger partial charge in [0.05, 0.1) is 5.52 Å². The van der Waals surface area contributed by atoms with E-state index in [0.717, 1.165) is 19.3 Å². The molecule has 2 aromatic rings. The molecule has 1 unspecified atom stereocenters. The highest BCUT2D eigenvalue weighted by Gasteiger charge is 2.16. The van der Waals surface area contributed by atoms with E-state index in [9.17, 15) is 9.59 Å². The number of hydrogen-bond donors (Lipinski definition) is 0. The lowest BCUT2D eigenvalue weighted by Crippen LogP contribution is -2.11. The number of aromatic nitrogens is 1. The molecule has 0 N–H and O–H groups in total. The van der Waals surface area contributed by atoms with Gasteiger partial charge in [-0.05, 0) is 24.6 Å². The van der Waals surface area contributed by atoms with Crippen LogP contribution in [-0.4, -0.2) is 10.4 Å². The van der Waals surface area contributed by atoms with Crippen LogP contribution in [-0.2, 0) is 7.05 Å². The Labute approximate surface area is 112 Å². The van der Waals surface area contributed by atoms with Crippen molar-refractivity contribution in [2.75, 3.05) is 0 Å². The molecule has 1 heterocycles. The van der Waals surface area contributed by atoms with E-state index >= 15 is 0 Å². The van der Waals surface area contributed by atoms with E-state index in [0.29, 0.717) is 16.7 Å². The first-order chi connectivity index (χ1) is 9.04. The van der Waals surface area contributed by atoms with E-state index in [2.05, 4.69) is 6.92 Å². The molecule has 0 radical (unpaired) electrons. The van der Waals surface area contributed by atoms with Crippen LogP contribution in [0.3, 0.4) is 0 Å². The molecule has 19 heavy (non-hydrogen) atoms. The highest BCUT2D eigenvalue weighted by atomic mass is 16.4. The third-order valence-corrected chi connectivity index (χ3v) is 3.52. The number of Topliss-reactive ketones (excluding diaryl/α,β-unsaturated/α-hetero) is 1. The largest absolute Gasteiger partial charge is 0.419 e. The summed E-state index contributed by atoms with van der Waals surface area (Å²) in [5.74, 6) is -0.284. The third kappa shape index (κ3) is 2.62. The Morgan fingerprint density at radius 3 is 2.84 bits per heavy atom. The molecule has 102 valence electrons. The highest BCUT2D eigenvalue weighted by molar-refractivity contribution is 5.99. The second-order valence-electron chi connectivity index (χ2n) is 5.02. The molecule has 0 saturated heterocycles. The first kappa shape index (κ1) is 13.6. The van der Waals surface area contributed by atoms with Crippen LogP contribution >= 0.6 is 0 Å². The Morgan fingerprint density at radius 1 is 1.42 bits per heavy atom. The summed E-state index contributed by atoms with van der Waals surface area (Å²) in [5.41, 5.74) is 1.80. The van der Waals surface area contributed by atoms with Crippen molar-refractivity contribution < 1.29 is 9.21 Å². The van der Waals surface area contributed by atoms with Crippen LogP contribution < -0.4 is 5.76 Å². The summed E-state index contributed by atoms with van der Waals surface area (Å²) >= 11 is 0. The minimum Gasteiger partial charge on any atom is -0.408 e. The van der Waals surface area contributed by atoms with Crippen LogP contribution in [0.1, 0.15) is 43.5 Å². The van der Waals surface area contributed by atoms with Crippen LogP contribution in [0.15, 0.2) is 27.4 Å². The molecule has 0 aliphatic carbocycles. The maximum Gasteiger partial charge on any atom is 0.419 e. The van der Waals surface area contributed by atoms with Crippen LogP contribution in [0.4, 0.5) is 0 Å². The monoisotopic (exact) mass is 261 g/mol. The molecule has 1 atom stereocenters. The first-order valence-electron chi connectivity index (χ1n) is 6.68. The zero-order valence-corrected chi connectivity index (χ0v) is 11.6. The molecule has 1 aromatic heterocycles. The zero-order chi connectivity index (χ0) is 14.0. The van der Waals surface area contributed by atoms with Gasteiger partial charge in [-0.15, -0.1) is 0 Å². The number of benzene rings is 1. The molecule has 0 aliphatic rings. The summed E-state index contributed by atoms with van der Waals surface area (Å²) in [5, 5.41) is 0. The van der Waals surface area contributed by atoms with Crippen LogP contribution in [0.5, 0.6) is 0 Å². The average Bonchev–Trinajstić information content (AvgIpc) is 2.70. The predicted octanol–water partition coefficient (Wildman–Crippen LogP) is 3.14. The summed E-state index contributed by atoms with van der Waals surface area (Å²) in [7, 11) is 1.65. The summed E-state index contributed by atoms with van der Waals surface area (Å²) < 4.78 is 6.54. The molecule has 0 amide bonds. The minimum absolute atomic E-state index is 0.00725. The van der Waals surface area contributed by atoms with Gasteiger partial charge in [0.2, 0.25) is 0 Å². The number of unbranched alkanes of at least 4 members (excludes halogenated alkanes) is 1. The molecule has 4 heteroatoms. The Balaban J connectivity index is 2.30. The first-order valence-corrected chi connectivity index (χ1v) is 6.68. The number of carbonyl (C=O) groups is 1. The van der Waals surface area contributed by atoms with Crippen molar-refractivity contribution in [1.29, 1.82) is 0 Å². The number of oxazole rings is 1. The summed E-state index contributed by atoms with van der Waals surface area (Å²) in [6.45, 7) is 4.06. The number of nitrogens with zero attached hydrogens (tertiary/aromatic N) is 1. The van der Waals surface area contributed by atoms with Crippen molar-refractivity contribution in [3.63, 3.8) is 0 Å². The Bertz CT molecular complexity index is 651. The van der Waals surface area contributed by atoms with E-state index in [1.165, 1.54) is 4.57 Å². The fraction of sp³-hybridized carbons (Fsp3) is 0.467. The number of hydrogen-bond acceptors (Lipinski definition) is 3. The summed E-state index contributed by atoms with van der Waals surface area (Å²) in [6, 6.07) is 5.20. The smallest absolute Gasteiger partial charge is 0.408 e. The van der Waals surface area contributed by atoms with E-state index in [1.54, 1.807) is 25.2 Å². The Hall–Kier alpha value is -1.84. The second-order valence-corrected chi connectivity index (χ2v) is 5.02. The van der Waals surface area contributed by atoms with E-state index in [4.69, 9.17) is 4.42 Å². The lowest BCUT2D eigenvalue weighted by Gasteiger charge is -2.09. The van der Waals surface area contributed by atoms with Crippen molar-refractivity contribution in [3.05, 3.63) is 34.3 Å². The summed E-state index contributed by atoms with van der Waals surface area (Å²) in [6.07, 6.45) is 3.03. The van der Waals surface area contributed by atoms with E-state index < -0.39 is 5.76 Å². The Morgan fingerprint density at radius 2 is 2.16 bits per heavy atom. The molecular weight excluding hydrogens is 242 g/mol. The molecule has 0 bridgehead atoms. The van der Waals surface area contributed by atoms with Gasteiger partial charge in [0.1, 0.15) is 0 Å². The number of ketones is 1. The quantitative estimate of drug-likeness (QED) is 0.777. The van der Waals surface area contributed by atoms with Gasteiger partial charge in [-0.1, -0.05) is 26.7 Å². The molecule has 0 fully saturated rings. The molecule has 4 nitrogen and oxygen atoms in total. The van der Waals surface area contributed by atoms with Crippen molar-refractivity contribution in [2.24, 2.45) is 13.0 Å². The van der Waals surface area contributed by atoms with E-state index in [1.807, 2.05) is 6.92 Å². The highest BCUT2D eigenvalue weighted by Crippen LogP contribution is 2.19. The molecule has 0 saturated carbocycles. The third-order valence-electron chi connectivity index (χ3n) is 3.52. The maximum absolute atomic E-state index is 12.3. The molecule has 0 spiro atoms. The van der Waals surface area contributed by atoms with Crippen molar-refractivity contribution in [2.45, 2.75) is 33.1 Å². The second kappa shape index (κ2) is 5.43. The van der Waals surface area contributed by atoms with Gasteiger partial charge in [0.15, 0.2) is 11.4 Å². The van der Waals surface area contributed by atoms with Gasteiger partial charge in [0.25, 0.3) is 0 Å². The van der Waals surface area contributed by atoms with Crippen molar-refractivity contribution >= 4 is 16.9 Å². The molecule has 1 aromatic carbocycles. The van der Waals surface area contributed by atoms with Crippen LogP contribution in [0.2, 0.25) is 0 Å². The lowest BCUT2D eigenvalue weighted by atomic mass is 9.94. The minimum atomic E-state index is -0.404. The van der Waals surface area contributed by atoms with Gasteiger partial charge in [-0.2, -0.15) is 0 Å². The number of rotatable bonds is 5. The van der Waals surface area contributed by atoms with Crippen LogP contribution in [0, 0.1) is 5.92 Å². The van der Waals surface area contributed by atoms with Gasteiger partial charge >= 0.3 is 5.76 Å². The standard InChI is InChI=1S/C15H19NO3/c1-4-5-6-10(2)14(17)11-7-8-12-13(9-11)19-15(18)16(12)3/h7-10H,4-6H2,1-3H3. The summed E-state index contributed by atoms with van der Waals surface area (Å²) in [4.78, 5) is 23.7. The molecule has 0 aliphatic heterocycles. The number of fused-ring (bicyclic) bond motifs is 1. The lowest BCUT2D eigenvalue weighted by molar-refractivity contribution is 0.0922. The van der Waals surface area contributed by atoms with Gasteiger partial charge in [-0.25, -0.2) is 4.79 Å². The van der Waals surface area contributed by atoms with Crippen LogP contribution in [0.25, 0.3) is 11.1 Å². The Kier molecular flexibility index (Phi) is 3.88. The maximum atomic E-state index is 12.3. The average molecular weight is 261 g/mol. The van der Waals surface area contributed by atoms with E-state index in [-0.39, 0.29) is 11.7 Å².